The van der Waals surface area contributed by atoms with Crippen molar-refractivity contribution in [3.05, 3.63) is 47.5 Å². The van der Waals surface area contributed by atoms with Crippen LogP contribution < -0.4 is 5.32 Å². The van der Waals surface area contributed by atoms with Gasteiger partial charge in [-0.15, -0.1) is 0 Å². The number of carbonyl (C=O) groups is 1. The molecule has 0 aliphatic heterocycles. The highest BCUT2D eigenvalue weighted by atomic mass is 16.1. The van der Waals surface area contributed by atoms with Crippen LogP contribution in [-0.4, -0.2) is 20.7 Å². The number of nitrogens with one attached hydrogen (secondary N) is 1. The van der Waals surface area contributed by atoms with Crippen LogP contribution in [0.4, 0.5) is 0 Å². The van der Waals surface area contributed by atoms with Crippen LogP contribution in [0.1, 0.15) is 74.7 Å². The molecule has 0 spiro atoms. The number of rotatable bonds is 7. The Kier molecular flexibility index (Phi) is 6.12. The number of hydrogen-bond donors (Lipinski definition) is 1. The Morgan fingerprint density at radius 1 is 1.21 bits per heavy atom. The number of nitrogens with zero attached hydrogens (tertiary/aromatic N) is 3. The first-order valence-electron chi connectivity index (χ1n) is 8.67. The first-order valence-corrected chi connectivity index (χ1v) is 8.67. The number of aryl methyl sites for hydroxylation is 1. The molecule has 0 aliphatic carbocycles. The molecular weight excluding hydrogens is 300 g/mol. The van der Waals surface area contributed by atoms with Gasteiger partial charge >= 0.3 is 0 Å². The summed E-state index contributed by atoms with van der Waals surface area (Å²) in [7, 11) is 0. The van der Waals surface area contributed by atoms with E-state index in [1.807, 2.05) is 29.8 Å². The molecule has 0 saturated heterocycles. The zero-order valence-corrected chi connectivity index (χ0v) is 15.3. The molecular formula is C19H28N4O. The molecule has 1 amide bonds. The van der Waals surface area contributed by atoms with Gasteiger partial charge in [0.05, 0.1) is 29.2 Å². The van der Waals surface area contributed by atoms with Gasteiger partial charge in [0.1, 0.15) is 0 Å². The topological polar surface area (TPSA) is 59.8 Å². The van der Waals surface area contributed by atoms with Gasteiger partial charge in [0.2, 0.25) is 0 Å². The Morgan fingerprint density at radius 2 is 1.96 bits per heavy atom. The lowest BCUT2D eigenvalue weighted by atomic mass is 10.0. The third kappa shape index (κ3) is 4.43. The maximum atomic E-state index is 12.7. The summed E-state index contributed by atoms with van der Waals surface area (Å²) in [4.78, 5) is 17.0. The minimum Gasteiger partial charge on any atom is -0.344 e. The summed E-state index contributed by atoms with van der Waals surface area (Å²) in [5.74, 6) is 0.758. The van der Waals surface area contributed by atoms with Crippen molar-refractivity contribution in [2.24, 2.45) is 5.92 Å². The summed E-state index contributed by atoms with van der Waals surface area (Å²) >= 11 is 0. The highest BCUT2D eigenvalue weighted by Gasteiger charge is 2.21. The summed E-state index contributed by atoms with van der Waals surface area (Å²) in [6.45, 7) is 11.4. The van der Waals surface area contributed by atoms with Crippen LogP contribution in [0.2, 0.25) is 0 Å². The summed E-state index contributed by atoms with van der Waals surface area (Å²) < 4.78 is 1.98. The number of pyridine rings is 1. The number of aromatic nitrogens is 3. The standard InChI is InChI=1S/C19H28N4O/c1-13(2)9-11-23-18(14(3)4)16(12-21-23)19(24)22-15(5)17-8-6-7-10-20-17/h6-8,10,12-15H,9,11H2,1-5H3,(H,22,24). The maximum Gasteiger partial charge on any atom is 0.255 e. The summed E-state index contributed by atoms with van der Waals surface area (Å²) in [5.41, 5.74) is 2.52. The molecule has 0 aromatic carbocycles. The molecule has 0 saturated carbocycles. The van der Waals surface area contributed by atoms with E-state index in [4.69, 9.17) is 0 Å². The van der Waals surface area contributed by atoms with Gasteiger partial charge in [-0.25, -0.2) is 0 Å². The van der Waals surface area contributed by atoms with Crippen molar-refractivity contribution in [2.45, 2.75) is 59.5 Å². The molecule has 0 fully saturated rings. The molecule has 1 atom stereocenters. The Hall–Kier alpha value is -2.17. The summed E-state index contributed by atoms with van der Waals surface area (Å²) in [6.07, 6.45) is 4.48. The second-order valence-electron chi connectivity index (χ2n) is 6.95. The second-order valence-corrected chi connectivity index (χ2v) is 6.95. The molecule has 2 aromatic rings. The average molecular weight is 328 g/mol. The molecule has 24 heavy (non-hydrogen) atoms. The van der Waals surface area contributed by atoms with Crippen molar-refractivity contribution in [3.63, 3.8) is 0 Å². The van der Waals surface area contributed by atoms with Gasteiger partial charge in [0, 0.05) is 12.7 Å². The van der Waals surface area contributed by atoms with E-state index in [1.54, 1.807) is 12.4 Å². The Labute approximate surface area is 144 Å². The fraction of sp³-hybridized carbons (Fsp3) is 0.526. The largest absolute Gasteiger partial charge is 0.344 e. The molecule has 0 radical (unpaired) electrons. The Morgan fingerprint density at radius 3 is 2.54 bits per heavy atom. The van der Waals surface area contributed by atoms with E-state index in [9.17, 15) is 4.79 Å². The molecule has 5 heteroatoms. The third-order valence-electron chi connectivity index (χ3n) is 4.07. The normalized spacial score (nSPS) is 12.6. The van der Waals surface area contributed by atoms with Gasteiger partial charge in [-0.05, 0) is 37.3 Å². The van der Waals surface area contributed by atoms with Crippen molar-refractivity contribution in [1.29, 1.82) is 0 Å². The van der Waals surface area contributed by atoms with E-state index < -0.39 is 0 Å². The quantitative estimate of drug-likeness (QED) is 0.837. The van der Waals surface area contributed by atoms with Crippen LogP contribution in [0, 0.1) is 5.92 Å². The van der Waals surface area contributed by atoms with E-state index in [-0.39, 0.29) is 17.9 Å². The zero-order valence-electron chi connectivity index (χ0n) is 15.3. The first kappa shape index (κ1) is 18.2. The first-order chi connectivity index (χ1) is 11.4. The Balaban J connectivity index is 2.16. The minimum absolute atomic E-state index is 0.0901. The third-order valence-corrected chi connectivity index (χ3v) is 4.07. The fourth-order valence-corrected chi connectivity index (χ4v) is 2.72. The average Bonchev–Trinajstić information content (AvgIpc) is 2.98. The lowest BCUT2D eigenvalue weighted by molar-refractivity contribution is 0.0937. The van der Waals surface area contributed by atoms with Crippen molar-refractivity contribution in [1.82, 2.24) is 20.1 Å². The van der Waals surface area contributed by atoms with Crippen molar-refractivity contribution >= 4 is 5.91 Å². The molecule has 1 unspecified atom stereocenters. The Bertz CT molecular complexity index is 661. The lowest BCUT2D eigenvalue weighted by Crippen LogP contribution is -2.28. The van der Waals surface area contributed by atoms with Crippen molar-refractivity contribution in [2.75, 3.05) is 0 Å². The van der Waals surface area contributed by atoms with Gasteiger partial charge in [-0.2, -0.15) is 5.10 Å². The van der Waals surface area contributed by atoms with Crippen LogP contribution in [0.25, 0.3) is 0 Å². The maximum absolute atomic E-state index is 12.7. The van der Waals surface area contributed by atoms with Crippen LogP contribution in [0.3, 0.4) is 0 Å². The highest BCUT2D eigenvalue weighted by Crippen LogP contribution is 2.21. The van der Waals surface area contributed by atoms with E-state index in [1.165, 1.54) is 0 Å². The van der Waals surface area contributed by atoms with E-state index in [0.29, 0.717) is 11.5 Å². The van der Waals surface area contributed by atoms with Gasteiger partial charge < -0.3 is 5.32 Å². The van der Waals surface area contributed by atoms with Crippen LogP contribution >= 0.6 is 0 Å². The van der Waals surface area contributed by atoms with Gasteiger partial charge in [0.15, 0.2) is 0 Å². The SMILES string of the molecule is CC(C)CCn1ncc(C(=O)NC(C)c2ccccn2)c1C(C)C. The van der Waals surface area contributed by atoms with E-state index >= 15 is 0 Å². The van der Waals surface area contributed by atoms with Crippen LogP contribution in [-0.2, 0) is 6.54 Å². The number of carbonyl (C=O) groups excluding carboxylic acids is 1. The van der Waals surface area contributed by atoms with Gasteiger partial charge in [0.25, 0.3) is 5.91 Å². The fourth-order valence-electron chi connectivity index (χ4n) is 2.72. The molecule has 0 bridgehead atoms. The zero-order chi connectivity index (χ0) is 17.7. The molecule has 2 heterocycles. The summed E-state index contributed by atoms with van der Waals surface area (Å²) in [6, 6.07) is 5.57. The van der Waals surface area contributed by atoms with E-state index in [2.05, 4.69) is 43.1 Å². The summed E-state index contributed by atoms with van der Waals surface area (Å²) in [5, 5.41) is 7.48. The molecule has 2 rings (SSSR count). The van der Waals surface area contributed by atoms with Crippen LogP contribution in [0.5, 0.6) is 0 Å². The number of amides is 1. The van der Waals surface area contributed by atoms with Crippen molar-refractivity contribution in [3.8, 4) is 0 Å². The molecule has 0 aliphatic rings. The molecule has 1 N–H and O–H groups in total. The smallest absolute Gasteiger partial charge is 0.255 e. The predicted molar refractivity (Wildman–Crippen MR) is 95.9 cm³/mol. The molecule has 2 aromatic heterocycles. The monoisotopic (exact) mass is 328 g/mol. The lowest BCUT2D eigenvalue weighted by Gasteiger charge is -2.16. The van der Waals surface area contributed by atoms with E-state index in [0.717, 1.165) is 24.4 Å². The van der Waals surface area contributed by atoms with Gasteiger partial charge in [-0.3, -0.25) is 14.5 Å². The minimum atomic E-state index is -0.141. The van der Waals surface area contributed by atoms with Crippen molar-refractivity contribution < 1.29 is 4.79 Å². The highest BCUT2D eigenvalue weighted by molar-refractivity contribution is 5.95. The molecule has 130 valence electrons. The predicted octanol–water partition coefficient (Wildman–Crippen LogP) is 3.94. The molecule has 5 nitrogen and oxygen atoms in total. The van der Waals surface area contributed by atoms with Crippen LogP contribution in [0.15, 0.2) is 30.6 Å². The second kappa shape index (κ2) is 8.08. The van der Waals surface area contributed by atoms with Gasteiger partial charge in [-0.1, -0.05) is 33.8 Å². The number of hydrogen-bond acceptors (Lipinski definition) is 3.